The second kappa shape index (κ2) is 10.7. The highest BCUT2D eigenvalue weighted by atomic mass is 35.5. The van der Waals surface area contributed by atoms with Crippen LogP contribution in [0.2, 0.25) is 5.15 Å². The molecule has 0 saturated carbocycles. The lowest BCUT2D eigenvalue weighted by molar-refractivity contribution is -0.120. The molecule has 3 rings (SSSR count). The van der Waals surface area contributed by atoms with E-state index in [4.69, 9.17) is 16.3 Å². The second-order valence-electron chi connectivity index (χ2n) is 7.79. The smallest absolute Gasteiger partial charge is 0.221 e. The molecular weight excluding hydrogens is 461 g/mol. The average Bonchev–Trinajstić information content (AvgIpc) is 3.14. The number of hydrogen-bond acceptors (Lipinski definition) is 6. The van der Waals surface area contributed by atoms with Crippen molar-refractivity contribution in [2.75, 3.05) is 39.1 Å². The summed E-state index contributed by atoms with van der Waals surface area (Å²) in [4.78, 5) is 23.3. The molecule has 2 aromatic rings. The van der Waals surface area contributed by atoms with Gasteiger partial charge in [0.15, 0.2) is 11.0 Å². The van der Waals surface area contributed by atoms with Gasteiger partial charge in [-0.3, -0.25) is 4.79 Å². The number of aromatic nitrogens is 3. The van der Waals surface area contributed by atoms with Gasteiger partial charge in [-0.25, -0.2) is 27.1 Å². The van der Waals surface area contributed by atoms with Crippen LogP contribution in [0.15, 0.2) is 18.3 Å². The van der Waals surface area contributed by atoms with E-state index in [1.54, 1.807) is 0 Å². The van der Waals surface area contributed by atoms with Gasteiger partial charge < -0.3 is 15.0 Å². The van der Waals surface area contributed by atoms with Crippen LogP contribution in [0.1, 0.15) is 31.4 Å². The van der Waals surface area contributed by atoms with Crippen molar-refractivity contribution in [3.8, 4) is 11.5 Å². The summed E-state index contributed by atoms with van der Waals surface area (Å²) in [7, 11) is -2.04. The van der Waals surface area contributed by atoms with Gasteiger partial charge in [0.25, 0.3) is 0 Å². The number of carbonyl (C=O) groups excluding carboxylic acids is 1. The molecule has 1 saturated heterocycles. The van der Waals surface area contributed by atoms with Gasteiger partial charge in [0, 0.05) is 39.1 Å². The Bertz CT molecular complexity index is 1030. The summed E-state index contributed by atoms with van der Waals surface area (Å²) < 4.78 is 44.9. The molecule has 1 amide bonds. The van der Waals surface area contributed by atoms with Gasteiger partial charge in [0.2, 0.25) is 15.9 Å². The van der Waals surface area contributed by atoms with Crippen molar-refractivity contribution in [3.05, 3.63) is 35.0 Å². The van der Waals surface area contributed by atoms with Crippen molar-refractivity contribution >= 4 is 27.5 Å². The molecule has 0 radical (unpaired) electrons. The van der Waals surface area contributed by atoms with Gasteiger partial charge in [0.05, 0.1) is 24.3 Å². The highest BCUT2D eigenvalue weighted by Gasteiger charge is 2.35. The van der Waals surface area contributed by atoms with Crippen LogP contribution in [0.4, 0.5) is 4.39 Å². The van der Waals surface area contributed by atoms with Crippen LogP contribution in [0, 0.1) is 11.7 Å². The Balaban J connectivity index is 1.61. The summed E-state index contributed by atoms with van der Waals surface area (Å²) in [5.41, 5.74) is 1.19. The minimum absolute atomic E-state index is 0.0204. The molecule has 9 nitrogen and oxygen atoms in total. The van der Waals surface area contributed by atoms with E-state index in [-0.39, 0.29) is 29.9 Å². The Morgan fingerprint density at radius 2 is 2.22 bits per heavy atom. The second-order valence-corrected chi connectivity index (χ2v) is 10.2. The Morgan fingerprint density at radius 1 is 1.44 bits per heavy atom. The highest BCUT2D eigenvalue weighted by molar-refractivity contribution is 7.89. The number of nitrogens with one attached hydrogen (secondary N) is 2. The number of methoxy groups -OCH3 is 1. The molecule has 1 aliphatic heterocycles. The first-order valence-electron chi connectivity index (χ1n) is 10.3. The molecule has 0 spiro atoms. The number of imidazole rings is 1. The van der Waals surface area contributed by atoms with E-state index in [1.165, 1.54) is 23.5 Å². The van der Waals surface area contributed by atoms with Crippen LogP contribution in [-0.2, 0) is 19.6 Å². The fraction of sp³-hybridized carbons (Fsp3) is 0.550. The number of rotatable bonds is 9. The minimum Gasteiger partial charge on any atom is -0.383 e. The predicted octanol–water partition coefficient (Wildman–Crippen LogP) is 2.17. The molecule has 1 aliphatic rings. The number of pyridine rings is 1. The van der Waals surface area contributed by atoms with Crippen molar-refractivity contribution in [2.45, 2.75) is 25.7 Å². The lowest BCUT2D eigenvalue weighted by Crippen LogP contribution is -2.43. The van der Waals surface area contributed by atoms with Crippen LogP contribution >= 0.6 is 11.6 Å². The monoisotopic (exact) mass is 487 g/mol. The van der Waals surface area contributed by atoms with Crippen molar-refractivity contribution in [3.63, 3.8) is 0 Å². The Morgan fingerprint density at radius 3 is 2.88 bits per heavy atom. The fourth-order valence-corrected chi connectivity index (χ4v) is 5.59. The maximum absolute atomic E-state index is 13.1. The topological polar surface area (TPSA) is 117 Å². The van der Waals surface area contributed by atoms with E-state index in [0.29, 0.717) is 49.3 Å². The zero-order valence-electron chi connectivity index (χ0n) is 18.0. The van der Waals surface area contributed by atoms with Crippen LogP contribution in [0.3, 0.4) is 0 Å². The molecule has 0 aromatic carbocycles. The van der Waals surface area contributed by atoms with E-state index in [1.807, 2.05) is 6.92 Å². The largest absolute Gasteiger partial charge is 0.383 e. The first-order chi connectivity index (χ1) is 15.2. The third kappa shape index (κ3) is 6.03. The van der Waals surface area contributed by atoms with Crippen molar-refractivity contribution in [1.29, 1.82) is 0 Å². The quantitative estimate of drug-likeness (QED) is 0.523. The molecule has 2 N–H and O–H groups in total. The lowest BCUT2D eigenvalue weighted by Gasteiger charge is -2.35. The van der Waals surface area contributed by atoms with Crippen LogP contribution in [-0.4, -0.2) is 72.7 Å². The molecule has 1 fully saturated rings. The molecule has 32 heavy (non-hydrogen) atoms. The summed E-state index contributed by atoms with van der Waals surface area (Å²) in [6.45, 7) is 3.31. The fourth-order valence-electron chi connectivity index (χ4n) is 3.77. The van der Waals surface area contributed by atoms with Crippen LogP contribution < -0.4 is 5.32 Å². The molecule has 176 valence electrons. The van der Waals surface area contributed by atoms with Gasteiger partial charge in [-0.1, -0.05) is 18.5 Å². The summed E-state index contributed by atoms with van der Waals surface area (Å²) in [6, 6.07) is 2.81. The molecule has 2 aromatic heterocycles. The standard InChI is InChI=1S/C20H27ClFN5O4S/c1-13-12-27(32(29,30)10-6-17(28)23-7-9-31-2)8-5-15(13)18-19(21)26-20(25-18)16-4-3-14(22)11-24-16/h3-4,11,13,15H,5-10,12H2,1-2H3,(H,23,28)(H,25,26)/t13-,15+/m0/s1. The number of amides is 1. The summed E-state index contributed by atoms with van der Waals surface area (Å²) in [5, 5.41) is 2.92. The summed E-state index contributed by atoms with van der Waals surface area (Å²) in [5.74, 6) is -0.615. The first kappa shape index (κ1) is 24.6. The molecule has 0 aliphatic carbocycles. The van der Waals surface area contributed by atoms with Gasteiger partial charge in [-0.2, -0.15) is 0 Å². The lowest BCUT2D eigenvalue weighted by atomic mass is 9.86. The van der Waals surface area contributed by atoms with Crippen molar-refractivity contribution < 1.29 is 22.3 Å². The average molecular weight is 488 g/mol. The molecule has 0 bridgehead atoms. The third-order valence-electron chi connectivity index (χ3n) is 5.50. The Kier molecular flexibility index (Phi) is 8.21. The zero-order valence-corrected chi connectivity index (χ0v) is 19.5. The predicted molar refractivity (Wildman–Crippen MR) is 118 cm³/mol. The van der Waals surface area contributed by atoms with Gasteiger partial charge in [-0.05, 0) is 24.5 Å². The molecule has 2 atom stereocenters. The minimum atomic E-state index is -3.56. The Labute approximate surface area is 191 Å². The molecule has 0 unspecified atom stereocenters. The molecular formula is C20H27ClFN5O4S. The SMILES string of the molecule is COCCNC(=O)CCS(=O)(=O)N1CC[C@@H](c2[nH]c(-c3ccc(F)cn3)nc2Cl)[C@@H](C)C1. The van der Waals surface area contributed by atoms with E-state index < -0.39 is 15.8 Å². The number of carbonyl (C=O) groups is 1. The summed E-state index contributed by atoms with van der Waals surface area (Å²) >= 11 is 6.36. The van der Waals surface area contributed by atoms with E-state index in [0.717, 1.165) is 11.9 Å². The van der Waals surface area contributed by atoms with Crippen LogP contribution in [0.25, 0.3) is 11.5 Å². The normalized spacial score (nSPS) is 19.8. The number of nitrogens with zero attached hydrogens (tertiary/aromatic N) is 3. The number of ether oxygens (including phenoxy) is 1. The number of H-pyrrole nitrogens is 1. The molecule has 3 heterocycles. The third-order valence-corrected chi connectivity index (χ3v) is 7.63. The zero-order chi connectivity index (χ0) is 23.3. The number of sulfonamides is 1. The van der Waals surface area contributed by atoms with Gasteiger partial charge >= 0.3 is 0 Å². The van der Waals surface area contributed by atoms with E-state index >= 15 is 0 Å². The first-order valence-corrected chi connectivity index (χ1v) is 12.3. The van der Waals surface area contributed by atoms with Crippen LogP contribution in [0.5, 0.6) is 0 Å². The van der Waals surface area contributed by atoms with E-state index in [2.05, 4.69) is 20.3 Å². The number of hydrogen-bond donors (Lipinski definition) is 2. The Hall–Kier alpha value is -2.08. The molecule has 12 heteroatoms. The van der Waals surface area contributed by atoms with E-state index in [9.17, 15) is 17.6 Å². The maximum atomic E-state index is 13.1. The van der Waals surface area contributed by atoms with Gasteiger partial charge in [0.1, 0.15) is 11.5 Å². The summed E-state index contributed by atoms with van der Waals surface area (Å²) in [6.07, 6.45) is 1.56. The van der Waals surface area contributed by atoms with Gasteiger partial charge in [-0.15, -0.1) is 0 Å². The highest BCUT2D eigenvalue weighted by Crippen LogP contribution is 2.37. The number of aromatic amines is 1. The number of halogens is 2. The van der Waals surface area contributed by atoms with Crippen molar-refractivity contribution in [1.82, 2.24) is 24.6 Å². The van der Waals surface area contributed by atoms with Crippen molar-refractivity contribution in [2.24, 2.45) is 5.92 Å². The number of piperidine rings is 1. The maximum Gasteiger partial charge on any atom is 0.221 e.